The number of benzene rings is 1. The number of rotatable bonds is 3. The van der Waals surface area contributed by atoms with E-state index in [9.17, 15) is 0 Å². The van der Waals surface area contributed by atoms with Crippen LogP contribution in [0.1, 0.15) is 0 Å². The molecule has 1 aromatic carbocycles. The molecule has 84 valence electrons. The number of fused-ring (bicyclic) bond motifs is 3. The predicted molar refractivity (Wildman–Crippen MR) is 69.2 cm³/mol. The molecule has 0 amide bonds. The van der Waals surface area contributed by atoms with Gasteiger partial charge in [-0.05, 0) is 12.1 Å². The first-order valence-corrected chi connectivity index (χ1v) is 5.47. The van der Waals surface area contributed by atoms with Crippen molar-refractivity contribution in [3.63, 3.8) is 0 Å². The molecule has 0 saturated carbocycles. The Balaban J connectivity index is 2.31. The molecule has 0 aliphatic rings. The third-order valence-electron chi connectivity index (χ3n) is 2.64. The summed E-state index contributed by atoms with van der Waals surface area (Å²) in [5, 5.41) is 3.20. The van der Waals surface area contributed by atoms with Gasteiger partial charge in [0.25, 0.3) is 0 Å². The third kappa shape index (κ3) is 1.54. The van der Waals surface area contributed by atoms with Crippen molar-refractivity contribution in [3.05, 3.63) is 49.3 Å². The fourth-order valence-electron chi connectivity index (χ4n) is 1.89. The molecule has 2 aromatic heterocycles. The molecule has 17 heavy (non-hydrogen) atoms. The van der Waals surface area contributed by atoms with Gasteiger partial charge in [-0.2, -0.15) is 0 Å². The van der Waals surface area contributed by atoms with Crippen LogP contribution >= 0.6 is 0 Å². The van der Waals surface area contributed by atoms with Crippen LogP contribution < -0.4 is 5.32 Å². The maximum Gasteiger partial charge on any atom is 0.180 e. The summed E-state index contributed by atoms with van der Waals surface area (Å²) in [7, 11) is 0. The maximum absolute atomic E-state index is 4.57. The molecule has 0 unspecified atom stereocenters. The fourth-order valence-corrected chi connectivity index (χ4v) is 1.89. The normalized spacial score (nSPS) is 10.8. The van der Waals surface area contributed by atoms with Crippen molar-refractivity contribution in [2.75, 3.05) is 11.9 Å². The zero-order valence-electron chi connectivity index (χ0n) is 9.30. The van der Waals surface area contributed by atoms with Gasteiger partial charge in [-0.25, -0.2) is 9.97 Å². The topological polar surface area (TPSA) is 42.2 Å². The molecule has 4 heteroatoms. The number of hydrogen-bond donors (Lipinski definition) is 1. The number of anilines is 1. The van der Waals surface area contributed by atoms with Gasteiger partial charge in [0, 0.05) is 18.9 Å². The van der Waals surface area contributed by atoms with Crippen LogP contribution in [0, 0.1) is 0 Å². The summed E-state index contributed by atoms with van der Waals surface area (Å²) in [5.74, 6) is 0.786. The highest BCUT2D eigenvalue weighted by atomic mass is 15.1. The molecule has 0 radical (unpaired) electrons. The molecule has 0 atom stereocenters. The lowest BCUT2D eigenvalue weighted by Gasteiger charge is -2.07. The van der Waals surface area contributed by atoms with Crippen LogP contribution in [0.4, 0.5) is 5.82 Å². The number of hydrogen-bond acceptors (Lipinski definition) is 3. The molecule has 0 fully saturated rings. The van der Waals surface area contributed by atoms with Gasteiger partial charge >= 0.3 is 0 Å². The summed E-state index contributed by atoms with van der Waals surface area (Å²) in [6, 6.07) is 8.01. The lowest BCUT2D eigenvalue weighted by atomic mass is 10.3. The number of nitrogens with zero attached hydrogens (tertiary/aromatic N) is 3. The van der Waals surface area contributed by atoms with E-state index in [-0.39, 0.29) is 0 Å². The van der Waals surface area contributed by atoms with Crippen molar-refractivity contribution < 1.29 is 0 Å². The molecule has 0 aliphatic carbocycles. The van der Waals surface area contributed by atoms with E-state index in [1.54, 1.807) is 12.3 Å². The summed E-state index contributed by atoms with van der Waals surface area (Å²) in [6.45, 7) is 4.36. The van der Waals surface area contributed by atoms with Gasteiger partial charge in [-0.1, -0.05) is 18.2 Å². The Morgan fingerprint density at radius 2 is 2.24 bits per heavy atom. The van der Waals surface area contributed by atoms with Crippen molar-refractivity contribution >= 4 is 22.5 Å². The summed E-state index contributed by atoms with van der Waals surface area (Å²) < 4.78 is 2.04. The second kappa shape index (κ2) is 3.90. The molecule has 4 nitrogen and oxygen atoms in total. The van der Waals surface area contributed by atoms with Crippen molar-refractivity contribution in [1.82, 2.24) is 14.4 Å². The first kappa shape index (κ1) is 9.84. The molecule has 2 heterocycles. The van der Waals surface area contributed by atoms with E-state index < -0.39 is 0 Å². The largest absolute Gasteiger partial charge is 0.363 e. The lowest BCUT2D eigenvalue weighted by Crippen LogP contribution is -2.04. The van der Waals surface area contributed by atoms with E-state index in [2.05, 4.69) is 21.9 Å². The van der Waals surface area contributed by atoms with Crippen molar-refractivity contribution in [2.24, 2.45) is 0 Å². The van der Waals surface area contributed by atoms with Crippen molar-refractivity contribution in [3.8, 4) is 0 Å². The SMILES string of the molecule is C=CCNc1nc2ccccc2n2ccnc12. The Morgan fingerprint density at radius 3 is 3.12 bits per heavy atom. The van der Waals surface area contributed by atoms with Gasteiger partial charge in [-0.15, -0.1) is 6.58 Å². The van der Waals surface area contributed by atoms with Gasteiger partial charge in [0.05, 0.1) is 11.0 Å². The minimum atomic E-state index is 0.674. The molecule has 3 aromatic rings. The monoisotopic (exact) mass is 224 g/mol. The van der Waals surface area contributed by atoms with Crippen LogP contribution in [0.15, 0.2) is 49.3 Å². The van der Waals surface area contributed by atoms with E-state index in [0.29, 0.717) is 6.54 Å². The highest BCUT2D eigenvalue weighted by Gasteiger charge is 2.07. The first-order valence-electron chi connectivity index (χ1n) is 5.47. The Kier molecular flexibility index (Phi) is 2.26. The number of imidazole rings is 1. The molecule has 1 N–H and O–H groups in total. The molecular weight excluding hydrogens is 212 g/mol. The molecule has 0 bridgehead atoms. The molecule has 0 spiro atoms. The smallest absolute Gasteiger partial charge is 0.180 e. The molecule has 0 saturated heterocycles. The second-order valence-corrected chi connectivity index (χ2v) is 3.74. The van der Waals surface area contributed by atoms with E-state index >= 15 is 0 Å². The van der Waals surface area contributed by atoms with Crippen LogP contribution in [0.3, 0.4) is 0 Å². The van der Waals surface area contributed by atoms with E-state index in [0.717, 1.165) is 22.5 Å². The van der Waals surface area contributed by atoms with E-state index in [4.69, 9.17) is 0 Å². The number of aromatic nitrogens is 3. The highest BCUT2D eigenvalue weighted by Crippen LogP contribution is 2.19. The number of nitrogens with one attached hydrogen (secondary N) is 1. The van der Waals surface area contributed by atoms with E-state index in [1.165, 1.54) is 0 Å². The standard InChI is InChI=1S/C13H12N4/c1-2-7-14-12-13-15-8-9-17(13)11-6-4-3-5-10(11)16-12/h2-6,8-9H,1,7H2,(H,14,16). The maximum atomic E-state index is 4.57. The third-order valence-corrected chi connectivity index (χ3v) is 2.64. The summed E-state index contributed by atoms with van der Waals surface area (Å²) >= 11 is 0. The second-order valence-electron chi connectivity index (χ2n) is 3.74. The van der Waals surface area contributed by atoms with Crippen LogP contribution in [0.25, 0.3) is 16.7 Å². The summed E-state index contributed by atoms with van der Waals surface area (Å²) in [4.78, 5) is 8.90. The van der Waals surface area contributed by atoms with Crippen LogP contribution in [0.2, 0.25) is 0 Å². The first-order chi connectivity index (χ1) is 8.40. The minimum absolute atomic E-state index is 0.674. The predicted octanol–water partition coefficient (Wildman–Crippen LogP) is 2.48. The Morgan fingerprint density at radius 1 is 1.35 bits per heavy atom. The van der Waals surface area contributed by atoms with Gasteiger partial charge in [0.2, 0.25) is 0 Å². The zero-order valence-corrected chi connectivity index (χ0v) is 9.30. The van der Waals surface area contributed by atoms with Gasteiger partial charge in [0.1, 0.15) is 0 Å². The Hall–Kier alpha value is -2.36. The number of para-hydroxylation sites is 2. The summed E-state index contributed by atoms with van der Waals surface area (Å²) in [5.41, 5.74) is 2.85. The zero-order chi connectivity index (χ0) is 11.7. The van der Waals surface area contributed by atoms with Crippen LogP contribution in [0.5, 0.6) is 0 Å². The average Bonchev–Trinajstić information content (AvgIpc) is 2.85. The molecule has 3 rings (SSSR count). The fraction of sp³-hybridized carbons (Fsp3) is 0.0769. The Labute approximate surface area is 98.6 Å². The quantitative estimate of drug-likeness (QED) is 0.695. The van der Waals surface area contributed by atoms with Gasteiger partial charge in [0.15, 0.2) is 11.5 Å². The van der Waals surface area contributed by atoms with Crippen molar-refractivity contribution in [1.29, 1.82) is 0 Å². The minimum Gasteiger partial charge on any atom is -0.363 e. The summed E-state index contributed by atoms with van der Waals surface area (Å²) in [6.07, 6.45) is 5.53. The molecule has 0 aliphatic heterocycles. The van der Waals surface area contributed by atoms with Crippen LogP contribution in [-0.2, 0) is 0 Å². The van der Waals surface area contributed by atoms with Gasteiger partial charge in [-0.3, -0.25) is 4.40 Å². The Bertz CT molecular complexity index is 684. The lowest BCUT2D eigenvalue weighted by molar-refractivity contribution is 1.18. The van der Waals surface area contributed by atoms with Crippen molar-refractivity contribution in [2.45, 2.75) is 0 Å². The average molecular weight is 224 g/mol. The highest BCUT2D eigenvalue weighted by molar-refractivity contribution is 5.82. The van der Waals surface area contributed by atoms with E-state index in [1.807, 2.05) is 34.9 Å². The molecular formula is C13H12N4. The van der Waals surface area contributed by atoms with Gasteiger partial charge < -0.3 is 5.32 Å². The van der Waals surface area contributed by atoms with Crippen LogP contribution in [-0.4, -0.2) is 20.9 Å².